The van der Waals surface area contributed by atoms with Gasteiger partial charge in [0.1, 0.15) is 17.1 Å². The number of nitrogens with zero attached hydrogens (tertiary/aromatic N) is 7. The molecule has 4 rings (SSSR count). The van der Waals surface area contributed by atoms with Crippen molar-refractivity contribution in [1.29, 1.82) is 0 Å². The lowest BCUT2D eigenvalue weighted by Crippen LogP contribution is -2.12. The molecule has 164 valence electrons. The number of fused-ring (bicyclic) bond motifs is 1. The Bertz CT molecular complexity index is 1410. The average molecular weight is 453 g/mol. The van der Waals surface area contributed by atoms with Crippen LogP contribution in [-0.4, -0.2) is 47.8 Å². The summed E-state index contributed by atoms with van der Waals surface area (Å²) in [6, 6.07) is 0.831. The van der Waals surface area contributed by atoms with Crippen molar-refractivity contribution in [3.63, 3.8) is 0 Å². The third-order valence-electron chi connectivity index (χ3n) is 5.03. The Morgan fingerprint density at radius 2 is 1.74 bits per heavy atom. The highest BCUT2D eigenvalue weighted by Gasteiger charge is 2.34. The summed E-state index contributed by atoms with van der Waals surface area (Å²) in [5.41, 5.74) is -0.112. The zero-order valence-electron chi connectivity index (χ0n) is 17.0. The summed E-state index contributed by atoms with van der Waals surface area (Å²) < 4.78 is 69.6. The normalized spacial score (nSPS) is 12.7. The number of alkyl halides is 3. The second-order valence-corrected chi connectivity index (χ2v) is 9.19. The molecule has 4 aromatic rings. The fraction of sp³-hybridized carbons (Fsp3) is 0.333. The molecule has 13 heteroatoms. The summed E-state index contributed by atoms with van der Waals surface area (Å²) in [5, 5.41) is -0.0754. The molecule has 0 radical (unpaired) electrons. The maximum atomic E-state index is 13.1. The van der Waals surface area contributed by atoms with Crippen LogP contribution in [0.4, 0.5) is 13.2 Å². The lowest BCUT2D eigenvalue weighted by molar-refractivity contribution is -0.141. The van der Waals surface area contributed by atoms with Gasteiger partial charge in [-0.1, -0.05) is 6.92 Å². The van der Waals surface area contributed by atoms with Crippen molar-refractivity contribution < 1.29 is 21.6 Å². The van der Waals surface area contributed by atoms with Gasteiger partial charge in [-0.2, -0.15) is 13.2 Å². The fourth-order valence-electron chi connectivity index (χ4n) is 3.38. The van der Waals surface area contributed by atoms with Crippen LogP contribution in [0.25, 0.3) is 34.1 Å². The molecule has 0 N–H and O–H groups in total. The van der Waals surface area contributed by atoms with E-state index in [-0.39, 0.29) is 27.8 Å². The van der Waals surface area contributed by atoms with E-state index in [1.54, 1.807) is 38.2 Å². The fourth-order valence-corrected chi connectivity index (χ4v) is 4.59. The van der Waals surface area contributed by atoms with Gasteiger partial charge in [-0.05, 0) is 6.07 Å². The first-order chi connectivity index (χ1) is 14.5. The van der Waals surface area contributed by atoms with Crippen molar-refractivity contribution in [2.45, 2.75) is 18.1 Å². The van der Waals surface area contributed by atoms with Gasteiger partial charge in [-0.3, -0.25) is 0 Å². The quantitative estimate of drug-likeness (QED) is 0.471. The van der Waals surface area contributed by atoms with E-state index >= 15 is 0 Å². The molecular formula is C18H18F3N7O2S. The summed E-state index contributed by atoms with van der Waals surface area (Å²) in [6.45, 7) is 1.50. The lowest BCUT2D eigenvalue weighted by atomic mass is 10.3. The molecule has 0 atom stereocenters. The number of imidazole rings is 3. The summed E-state index contributed by atoms with van der Waals surface area (Å²) in [5.74, 6) is 0.268. The van der Waals surface area contributed by atoms with Gasteiger partial charge in [-0.15, -0.1) is 0 Å². The summed E-state index contributed by atoms with van der Waals surface area (Å²) >= 11 is 0. The first-order valence-corrected chi connectivity index (χ1v) is 10.8. The van der Waals surface area contributed by atoms with Gasteiger partial charge in [0, 0.05) is 21.1 Å². The highest BCUT2D eigenvalue weighted by molar-refractivity contribution is 7.91. The van der Waals surface area contributed by atoms with Gasteiger partial charge in [-0.25, -0.2) is 28.4 Å². The van der Waals surface area contributed by atoms with Crippen LogP contribution in [0, 0.1) is 0 Å². The number of aryl methyl sites for hydroxylation is 2. The maximum absolute atomic E-state index is 13.1. The van der Waals surface area contributed by atoms with Crippen LogP contribution in [-0.2, 0) is 37.2 Å². The minimum atomic E-state index is -4.62. The molecule has 4 aromatic heterocycles. The van der Waals surface area contributed by atoms with Crippen LogP contribution in [0.15, 0.2) is 29.8 Å². The van der Waals surface area contributed by atoms with Crippen molar-refractivity contribution in [2.24, 2.45) is 21.1 Å². The Morgan fingerprint density at radius 3 is 2.32 bits per heavy atom. The van der Waals surface area contributed by atoms with E-state index in [1.807, 2.05) is 0 Å². The van der Waals surface area contributed by atoms with E-state index in [1.165, 1.54) is 16.1 Å². The van der Waals surface area contributed by atoms with E-state index < -0.39 is 21.7 Å². The number of aromatic nitrogens is 7. The Hall–Kier alpha value is -3.22. The molecule has 0 saturated heterocycles. The van der Waals surface area contributed by atoms with Gasteiger partial charge < -0.3 is 13.7 Å². The maximum Gasteiger partial charge on any atom is 0.433 e. The molecule has 0 aliphatic heterocycles. The molecular weight excluding hydrogens is 435 g/mol. The largest absolute Gasteiger partial charge is 0.433 e. The Balaban J connectivity index is 2.03. The first kappa shape index (κ1) is 21.0. The second kappa shape index (κ2) is 6.90. The van der Waals surface area contributed by atoms with Gasteiger partial charge in [0.2, 0.25) is 0 Å². The highest BCUT2D eigenvalue weighted by Crippen LogP contribution is 2.34. The third-order valence-corrected chi connectivity index (χ3v) is 6.85. The minimum Gasteiger partial charge on any atom is -0.331 e. The summed E-state index contributed by atoms with van der Waals surface area (Å²) in [4.78, 5) is 16.3. The standard InChI is InChI=1S/C18H18F3N7O2S/c1-5-31(29,30)17-14(25-15(28(17)4)12-7-22-9-26(12)2)16-24-10-6-13(18(19,20)21)23-8-11(10)27(16)3/h6-9H,5H2,1-4H3. The van der Waals surface area contributed by atoms with Gasteiger partial charge in [0.05, 0.1) is 35.5 Å². The average Bonchev–Trinajstić information content (AvgIpc) is 3.36. The van der Waals surface area contributed by atoms with Gasteiger partial charge in [0.25, 0.3) is 0 Å². The number of pyridine rings is 1. The van der Waals surface area contributed by atoms with E-state index in [0.29, 0.717) is 17.0 Å². The smallest absolute Gasteiger partial charge is 0.331 e. The Morgan fingerprint density at radius 1 is 1.03 bits per heavy atom. The number of halogens is 3. The molecule has 31 heavy (non-hydrogen) atoms. The Labute approximate surface area is 175 Å². The third kappa shape index (κ3) is 3.28. The zero-order valence-corrected chi connectivity index (χ0v) is 17.8. The second-order valence-electron chi connectivity index (χ2n) is 6.99. The van der Waals surface area contributed by atoms with E-state index in [0.717, 1.165) is 12.3 Å². The minimum absolute atomic E-state index is 0.0346. The molecule has 0 spiro atoms. The van der Waals surface area contributed by atoms with Crippen LogP contribution in [0.5, 0.6) is 0 Å². The molecule has 0 fully saturated rings. The van der Waals surface area contributed by atoms with E-state index in [4.69, 9.17) is 0 Å². The predicted molar refractivity (Wildman–Crippen MR) is 106 cm³/mol. The van der Waals surface area contributed by atoms with Crippen molar-refractivity contribution >= 4 is 20.9 Å². The highest BCUT2D eigenvalue weighted by atomic mass is 32.2. The predicted octanol–water partition coefficient (Wildman–Crippen LogP) is 2.58. The van der Waals surface area contributed by atoms with Gasteiger partial charge in [0.15, 0.2) is 26.5 Å². The molecule has 0 saturated carbocycles. The molecule has 0 aliphatic rings. The SMILES string of the molecule is CCS(=O)(=O)c1c(-c2nc3cc(C(F)(F)F)ncc3n2C)nc(-c2cncn2C)n1C. The number of rotatable bonds is 4. The number of sulfone groups is 1. The van der Waals surface area contributed by atoms with Crippen molar-refractivity contribution in [1.82, 2.24) is 33.6 Å². The van der Waals surface area contributed by atoms with Crippen molar-refractivity contribution in [3.05, 3.63) is 30.5 Å². The van der Waals surface area contributed by atoms with Gasteiger partial charge >= 0.3 is 6.18 Å². The molecule has 0 bridgehead atoms. The topological polar surface area (TPSA) is 100 Å². The van der Waals surface area contributed by atoms with Crippen LogP contribution in [0.3, 0.4) is 0 Å². The number of hydrogen-bond donors (Lipinski definition) is 0. The van der Waals surface area contributed by atoms with Crippen LogP contribution < -0.4 is 0 Å². The zero-order chi connectivity index (χ0) is 22.7. The van der Waals surface area contributed by atoms with Crippen molar-refractivity contribution in [3.8, 4) is 23.0 Å². The molecule has 0 aliphatic carbocycles. The molecule has 0 amide bonds. The number of hydrogen-bond acceptors (Lipinski definition) is 6. The molecule has 0 unspecified atom stereocenters. The van der Waals surface area contributed by atoms with Crippen LogP contribution >= 0.6 is 0 Å². The summed E-state index contributed by atoms with van der Waals surface area (Å²) in [6.07, 6.45) is -0.464. The summed E-state index contributed by atoms with van der Waals surface area (Å²) in [7, 11) is 1.12. The first-order valence-electron chi connectivity index (χ1n) is 9.12. The lowest BCUT2D eigenvalue weighted by Gasteiger charge is -2.07. The van der Waals surface area contributed by atoms with Crippen LogP contribution in [0.1, 0.15) is 12.6 Å². The van der Waals surface area contributed by atoms with E-state index in [9.17, 15) is 21.6 Å². The molecule has 4 heterocycles. The molecule has 9 nitrogen and oxygen atoms in total. The monoisotopic (exact) mass is 453 g/mol. The van der Waals surface area contributed by atoms with Crippen LogP contribution in [0.2, 0.25) is 0 Å². The Kier molecular flexibility index (Phi) is 4.68. The van der Waals surface area contributed by atoms with E-state index in [2.05, 4.69) is 19.9 Å². The molecule has 0 aromatic carbocycles. The van der Waals surface area contributed by atoms with Crippen molar-refractivity contribution in [2.75, 3.05) is 5.75 Å².